The van der Waals surface area contributed by atoms with Crippen LogP contribution in [0.2, 0.25) is 0 Å². The lowest BCUT2D eigenvalue weighted by Crippen LogP contribution is -2.17. The molecule has 0 unspecified atom stereocenters. The van der Waals surface area contributed by atoms with E-state index < -0.39 is 5.91 Å². The lowest BCUT2D eigenvalue weighted by molar-refractivity contribution is 0.0805. The van der Waals surface area contributed by atoms with Crippen molar-refractivity contribution < 1.29 is 13.9 Å². The van der Waals surface area contributed by atoms with Crippen LogP contribution in [0.15, 0.2) is 48.8 Å². The number of nitrogens with zero attached hydrogens (tertiary/aromatic N) is 4. The Labute approximate surface area is 159 Å². The highest BCUT2D eigenvalue weighted by molar-refractivity contribution is 5.92. The van der Waals surface area contributed by atoms with E-state index in [0.717, 1.165) is 28.1 Å². The molecule has 0 spiro atoms. The van der Waals surface area contributed by atoms with Gasteiger partial charge in [-0.25, -0.2) is 9.37 Å². The van der Waals surface area contributed by atoms with Crippen LogP contribution in [0, 0.1) is 5.82 Å². The van der Waals surface area contributed by atoms with E-state index >= 15 is 0 Å². The van der Waals surface area contributed by atoms with Gasteiger partial charge in [0.25, 0.3) is 5.91 Å². The maximum atomic E-state index is 13.4. The van der Waals surface area contributed by atoms with Crippen molar-refractivity contribution in [1.29, 1.82) is 0 Å². The molecule has 0 bridgehead atoms. The van der Waals surface area contributed by atoms with Crippen LogP contribution in [0.4, 0.5) is 4.39 Å². The van der Waals surface area contributed by atoms with E-state index in [4.69, 9.17) is 15.6 Å². The Morgan fingerprint density at radius 2 is 1.93 bits per heavy atom. The summed E-state index contributed by atoms with van der Waals surface area (Å²) in [5.74, 6) is -0.854. The van der Waals surface area contributed by atoms with E-state index in [0.29, 0.717) is 31.1 Å². The van der Waals surface area contributed by atoms with E-state index in [1.165, 1.54) is 18.3 Å². The number of pyridine rings is 1. The van der Waals surface area contributed by atoms with Gasteiger partial charge in [0.15, 0.2) is 0 Å². The summed E-state index contributed by atoms with van der Waals surface area (Å²) >= 11 is 0. The molecule has 2 N–H and O–H groups in total. The molecule has 1 amide bonds. The predicted molar refractivity (Wildman–Crippen MR) is 100.0 cm³/mol. The molecule has 3 aromatic heterocycles. The third-order valence-corrected chi connectivity index (χ3v) is 4.91. The molecule has 0 fully saturated rings. The summed E-state index contributed by atoms with van der Waals surface area (Å²) in [5, 5.41) is 4.75. The van der Waals surface area contributed by atoms with Gasteiger partial charge in [-0.1, -0.05) is 0 Å². The van der Waals surface area contributed by atoms with Crippen LogP contribution in [0.5, 0.6) is 0 Å². The molecule has 4 aromatic rings. The zero-order valence-electron chi connectivity index (χ0n) is 14.8. The largest absolute Gasteiger partial charge is 0.373 e. The van der Waals surface area contributed by atoms with E-state index in [1.54, 1.807) is 16.5 Å². The number of hydrogen-bond donors (Lipinski definition) is 1. The van der Waals surface area contributed by atoms with Crippen molar-refractivity contribution in [3.8, 4) is 22.4 Å². The van der Waals surface area contributed by atoms with E-state index in [1.807, 2.05) is 23.0 Å². The van der Waals surface area contributed by atoms with Crippen molar-refractivity contribution in [2.75, 3.05) is 6.61 Å². The van der Waals surface area contributed by atoms with Crippen LogP contribution in [-0.4, -0.2) is 31.7 Å². The van der Waals surface area contributed by atoms with Crippen molar-refractivity contribution in [3.05, 3.63) is 66.0 Å². The fourth-order valence-electron chi connectivity index (χ4n) is 3.57. The van der Waals surface area contributed by atoms with Gasteiger partial charge in [-0.3, -0.25) is 13.9 Å². The lowest BCUT2D eigenvalue weighted by atomic mass is 10.00. The van der Waals surface area contributed by atoms with Crippen molar-refractivity contribution in [3.63, 3.8) is 0 Å². The zero-order chi connectivity index (χ0) is 19.3. The average Bonchev–Trinajstić information content (AvgIpc) is 3.29. The van der Waals surface area contributed by atoms with E-state index in [2.05, 4.69) is 4.98 Å². The topological polar surface area (TPSA) is 87.4 Å². The van der Waals surface area contributed by atoms with Gasteiger partial charge in [0.1, 0.15) is 22.9 Å². The van der Waals surface area contributed by atoms with Crippen LogP contribution in [0.3, 0.4) is 0 Å². The van der Waals surface area contributed by atoms with Gasteiger partial charge in [-0.2, -0.15) is 5.10 Å². The van der Waals surface area contributed by atoms with Gasteiger partial charge < -0.3 is 10.5 Å². The monoisotopic (exact) mass is 377 g/mol. The molecule has 0 radical (unpaired) electrons. The van der Waals surface area contributed by atoms with Gasteiger partial charge in [-0.15, -0.1) is 0 Å². The van der Waals surface area contributed by atoms with Crippen molar-refractivity contribution >= 4 is 11.6 Å². The average molecular weight is 377 g/mol. The Balaban J connectivity index is 1.76. The van der Waals surface area contributed by atoms with Gasteiger partial charge in [0, 0.05) is 22.9 Å². The standard InChI is InChI=1S/C20H16FN5O2/c21-14-4-1-12(2-5-14)19-18(16-11-28-8-7-26(16)24-19)13-3-6-17-23-9-15(20(22)27)25(17)10-13/h1-6,9-10H,7-8,11H2,(H2,22,27). The molecule has 140 valence electrons. The number of benzene rings is 1. The minimum absolute atomic E-state index is 0.302. The molecule has 5 rings (SSSR count). The fourth-order valence-corrected chi connectivity index (χ4v) is 3.57. The number of nitrogens with two attached hydrogens (primary N) is 1. The SMILES string of the molecule is NC(=O)c1cnc2ccc(-c3c(-c4ccc(F)cc4)nn4c3COCC4)cn12. The first-order valence-electron chi connectivity index (χ1n) is 8.82. The Kier molecular flexibility index (Phi) is 3.73. The summed E-state index contributed by atoms with van der Waals surface area (Å²) in [7, 11) is 0. The molecule has 8 heteroatoms. The highest BCUT2D eigenvalue weighted by Crippen LogP contribution is 2.36. The first kappa shape index (κ1) is 16.6. The molecule has 0 saturated carbocycles. The second kappa shape index (κ2) is 6.28. The number of imidazole rings is 1. The highest BCUT2D eigenvalue weighted by atomic mass is 19.1. The maximum Gasteiger partial charge on any atom is 0.267 e. The van der Waals surface area contributed by atoms with Crippen molar-refractivity contribution in [2.45, 2.75) is 13.2 Å². The van der Waals surface area contributed by atoms with Crippen LogP contribution in [0.1, 0.15) is 16.2 Å². The number of fused-ring (bicyclic) bond motifs is 2. The number of aromatic nitrogens is 4. The van der Waals surface area contributed by atoms with Gasteiger partial charge >= 0.3 is 0 Å². The minimum atomic E-state index is -0.552. The van der Waals surface area contributed by atoms with E-state index in [-0.39, 0.29) is 5.82 Å². The lowest BCUT2D eigenvalue weighted by Gasteiger charge is -2.15. The number of rotatable bonds is 3. The van der Waals surface area contributed by atoms with Gasteiger partial charge in [-0.05, 0) is 36.4 Å². The fraction of sp³-hybridized carbons (Fsp3) is 0.150. The number of hydrogen-bond acceptors (Lipinski definition) is 4. The molecule has 1 aromatic carbocycles. The Bertz CT molecular complexity index is 1210. The Hall–Kier alpha value is -3.52. The number of carbonyl (C=O) groups excluding carboxylic acids is 1. The van der Waals surface area contributed by atoms with Crippen LogP contribution in [-0.2, 0) is 17.9 Å². The second-order valence-electron chi connectivity index (χ2n) is 6.61. The van der Waals surface area contributed by atoms with Gasteiger partial charge in [0.2, 0.25) is 0 Å². The molecule has 0 saturated heterocycles. The van der Waals surface area contributed by atoms with Crippen molar-refractivity contribution in [2.24, 2.45) is 5.73 Å². The number of halogens is 1. The summed E-state index contributed by atoms with van der Waals surface area (Å²) in [5.41, 5.74) is 10.6. The molecule has 1 aliphatic heterocycles. The second-order valence-corrected chi connectivity index (χ2v) is 6.61. The van der Waals surface area contributed by atoms with Crippen LogP contribution >= 0.6 is 0 Å². The normalized spacial score (nSPS) is 13.6. The first-order valence-corrected chi connectivity index (χ1v) is 8.82. The summed E-state index contributed by atoms with van der Waals surface area (Å²) in [6.45, 7) is 1.65. The number of ether oxygens (including phenoxy) is 1. The summed E-state index contributed by atoms with van der Waals surface area (Å²) in [4.78, 5) is 15.9. The molecule has 28 heavy (non-hydrogen) atoms. The smallest absolute Gasteiger partial charge is 0.267 e. The third kappa shape index (κ3) is 2.57. The molecule has 4 heterocycles. The quantitative estimate of drug-likeness (QED) is 0.595. The molecular formula is C20H16FN5O2. The predicted octanol–water partition coefficient (Wildman–Crippen LogP) is 2.63. The molecule has 7 nitrogen and oxygen atoms in total. The number of carbonyl (C=O) groups is 1. The summed E-state index contributed by atoms with van der Waals surface area (Å²) in [6.07, 6.45) is 3.28. The van der Waals surface area contributed by atoms with E-state index in [9.17, 15) is 9.18 Å². The van der Waals surface area contributed by atoms with Gasteiger partial charge in [0.05, 0.1) is 31.6 Å². The Morgan fingerprint density at radius 1 is 1.14 bits per heavy atom. The minimum Gasteiger partial charge on any atom is -0.373 e. The number of amides is 1. The molecule has 0 atom stereocenters. The summed E-state index contributed by atoms with van der Waals surface area (Å²) in [6, 6.07) is 9.99. The summed E-state index contributed by atoms with van der Waals surface area (Å²) < 4.78 is 22.6. The molecular weight excluding hydrogens is 361 g/mol. The van der Waals surface area contributed by atoms with Crippen molar-refractivity contribution in [1.82, 2.24) is 19.2 Å². The van der Waals surface area contributed by atoms with Crippen LogP contribution in [0.25, 0.3) is 28.0 Å². The highest BCUT2D eigenvalue weighted by Gasteiger charge is 2.24. The van der Waals surface area contributed by atoms with Crippen LogP contribution < -0.4 is 5.73 Å². The maximum absolute atomic E-state index is 13.4. The Morgan fingerprint density at radius 3 is 2.71 bits per heavy atom. The third-order valence-electron chi connectivity index (χ3n) is 4.91. The zero-order valence-corrected chi connectivity index (χ0v) is 14.8. The number of primary amides is 1. The molecule has 0 aliphatic carbocycles. The molecule has 1 aliphatic rings. The first-order chi connectivity index (χ1) is 13.6.